The fourth-order valence-electron chi connectivity index (χ4n) is 4.66. The first kappa shape index (κ1) is 26.5. The highest BCUT2D eigenvalue weighted by Gasteiger charge is 2.34. The molecule has 3 aliphatic rings. The van der Waals surface area contributed by atoms with Crippen LogP contribution in [-0.4, -0.2) is 73.5 Å². The molecule has 1 N–H and O–H groups in total. The SMILES string of the molecule is COc1cc(COC2=C\CN(C3CCC(=O)NC3=O)C(=O)/C(C)=C/C=C\2)ccc1OCCN1CCCC1. The lowest BCUT2D eigenvalue weighted by molar-refractivity contribution is -0.143. The molecule has 9 nitrogen and oxygen atoms in total. The molecule has 0 aliphatic carbocycles. The molecule has 0 radical (unpaired) electrons. The summed E-state index contributed by atoms with van der Waals surface area (Å²) in [6, 6.07) is 5.03. The van der Waals surface area contributed by atoms with Gasteiger partial charge in [0.1, 0.15) is 25.0 Å². The van der Waals surface area contributed by atoms with Crippen molar-refractivity contribution >= 4 is 17.7 Å². The maximum atomic E-state index is 13.0. The van der Waals surface area contributed by atoms with Crippen LogP contribution in [0.1, 0.15) is 38.2 Å². The predicted octanol–water partition coefficient (Wildman–Crippen LogP) is 2.72. The second-order valence-corrected chi connectivity index (χ2v) is 9.41. The van der Waals surface area contributed by atoms with Crippen LogP contribution in [0.2, 0.25) is 0 Å². The van der Waals surface area contributed by atoms with Gasteiger partial charge in [0, 0.05) is 25.1 Å². The first-order valence-electron chi connectivity index (χ1n) is 12.8. The fourth-order valence-corrected chi connectivity index (χ4v) is 4.66. The molecule has 1 aromatic carbocycles. The second kappa shape index (κ2) is 12.6. The molecule has 198 valence electrons. The third kappa shape index (κ3) is 7.01. The summed E-state index contributed by atoms with van der Waals surface area (Å²) in [5.74, 6) is 0.906. The molecule has 0 saturated carbocycles. The monoisotopic (exact) mass is 509 g/mol. The largest absolute Gasteiger partial charge is 0.493 e. The highest BCUT2D eigenvalue weighted by Crippen LogP contribution is 2.29. The quantitative estimate of drug-likeness (QED) is 0.511. The van der Waals surface area contributed by atoms with Crippen LogP contribution in [0, 0.1) is 0 Å². The van der Waals surface area contributed by atoms with Gasteiger partial charge in [-0.25, -0.2) is 0 Å². The fraction of sp³-hybridized carbons (Fsp3) is 0.464. The van der Waals surface area contributed by atoms with Gasteiger partial charge in [-0.2, -0.15) is 0 Å². The maximum absolute atomic E-state index is 13.0. The van der Waals surface area contributed by atoms with Gasteiger partial charge in [0.05, 0.1) is 7.11 Å². The van der Waals surface area contributed by atoms with E-state index in [9.17, 15) is 14.4 Å². The van der Waals surface area contributed by atoms with Crippen molar-refractivity contribution in [1.29, 1.82) is 0 Å². The molecule has 37 heavy (non-hydrogen) atoms. The van der Waals surface area contributed by atoms with E-state index in [-0.39, 0.29) is 31.4 Å². The summed E-state index contributed by atoms with van der Waals surface area (Å²) in [6.07, 6.45) is 10.0. The minimum atomic E-state index is -0.702. The van der Waals surface area contributed by atoms with Crippen LogP contribution in [0.15, 0.2) is 53.8 Å². The lowest BCUT2D eigenvalue weighted by Crippen LogP contribution is -2.54. The number of benzene rings is 1. The Labute approximate surface area is 217 Å². The smallest absolute Gasteiger partial charge is 0.250 e. The van der Waals surface area contributed by atoms with E-state index in [0.717, 1.165) is 25.2 Å². The maximum Gasteiger partial charge on any atom is 0.250 e. The zero-order chi connectivity index (χ0) is 26.2. The summed E-state index contributed by atoms with van der Waals surface area (Å²) in [6.45, 7) is 5.96. The summed E-state index contributed by atoms with van der Waals surface area (Å²) in [5, 5.41) is 2.33. The van der Waals surface area contributed by atoms with E-state index < -0.39 is 11.9 Å². The summed E-state index contributed by atoms with van der Waals surface area (Å²) in [5.41, 5.74) is 1.41. The predicted molar refractivity (Wildman–Crippen MR) is 138 cm³/mol. The lowest BCUT2D eigenvalue weighted by atomic mass is 10.0. The molecular weight excluding hydrogens is 474 g/mol. The van der Waals surface area contributed by atoms with Crippen molar-refractivity contribution < 1.29 is 28.6 Å². The Morgan fingerprint density at radius 2 is 1.89 bits per heavy atom. The number of imide groups is 1. The van der Waals surface area contributed by atoms with Crippen molar-refractivity contribution in [2.75, 3.05) is 39.9 Å². The van der Waals surface area contributed by atoms with E-state index in [1.165, 1.54) is 17.7 Å². The number of amides is 3. The topological polar surface area (TPSA) is 97.4 Å². The number of nitrogens with zero attached hydrogens (tertiary/aromatic N) is 2. The van der Waals surface area contributed by atoms with Gasteiger partial charge in [-0.3, -0.25) is 24.6 Å². The first-order valence-corrected chi connectivity index (χ1v) is 12.8. The van der Waals surface area contributed by atoms with Crippen molar-refractivity contribution in [3.63, 3.8) is 0 Å². The molecule has 0 bridgehead atoms. The van der Waals surface area contributed by atoms with E-state index in [0.29, 0.717) is 35.9 Å². The summed E-state index contributed by atoms with van der Waals surface area (Å²) in [4.78, 5) is 40.8. The zero-order valence-electron chi connectivity index (χ0n) is 21.5. The number of hydrogen-bond acceptors (Lipinski definition) is 7. The Balaban J connectivity index is 1.39. The van der Waals surface area contributed by atoms with Gasteiger partial charge >= 0.3 is 0 Å². The Morgan fingerprint density at radius 1 is 1.08 bits per heavy atom. The number of allylic oxidation sites excluding steroid dienone is 3. The lowest BCUT2D eigenvalue weighted by Gasteiger charge is -2.32. The van der Waals surface area contributed by atoms with Crippen LogP contribution in [0.25, 0.3) is 0 Å². The summed E-state index contributed by atoms with van der Waals surface area (Å²) in [7, 11) is 1.62. The van der Waals surface area contributed by atoms with Crippen LogP contribution in [0.3, 0.4) is 0 Å². The van der Waals surface area contributed by atoms with Crippen LogP contribution in [-0.2, 0) is 25.7 Å². The molecule has 3 aliphatic heterocycles. The van der Waals surface area contributed by atoms with Crippen LogP contribution in [0.4, 0.5) is 0 Å². The number of methoxy groups -OCH3 is 1. The average Bonchev–Trinajstić information content (AvgIpc) is 3.42. The minimum absolute atomic E-state index is 0.184. The van der Waals surface area contributed by atoms with E-state index in [1.54, 1.807) is 38.3 Å². The van der Waals surface area contributed by atoms with E-state index in [4.69, 9.17) is 14.2 Å². The number of carbonyl (C=O) groups is 3. The molecule has 9 heteroatoms. The van der Waals surface area contributed by atoms with Gasteiger partial charge in [-0.1, -0.05) is 18.2 Å². The van der Waals surface area contributed by atoms with E-state index in [2.05, 4.69) is 10.2 Å². The molecule has 2 saturated heterocycles. The molecular formula is C28H35N3O6. The Hall–Kier alpha value is -3.59. The highest BCUT2D eigenvalue weighted by molar-refractivity contribution is 6.03. The van der Waals surface area contributed by atoms with Crippen LogP contribution >= 0.6 is 0 Å². The third-order valence-electron chi connectivity index (χ3n) is 6.78. The molecule has 0 spiro atoms. The molecule has 0 aromatic heterocycles. The molecule has 1 aromatic rings. The molecule has 1 atom stereocenters. The molecule has 3 amide bonds. The van der Waals surface area contributed by atoms with Crippen LogP contribution in [0.5, 0.6) is 11.5 Å². The van der Waals surface area contributed by atoms with Gasteiger partial charge < -0.3 is 19.1 Å². The van der Waals surface area contributed by atoms with Crippen molar-refractivity contribution in [3.8, 4) is 11.5 Å². The van der Waals surface area contributed by atoms with Gasteiger partial charge in [-0.15, -0.1) is 0 Å². The van der Waals surface area contributed by atoms with Crippen molar-refractivity contribution in [3.05, 3.63) is 59.4 Å². The number of ether oxygens (including phenoxy) is 3. The third-order valence-corrected chi connectivity index (χ3v) is 6.78. The normalized spacial score (nSPS) is 24.6. The van der Waals surface area contributed by atoms with Gasteiger partial charge in [-0.05, 0) is 69.1 Å². The molecule has 2 fully saturated rings. The molecule has 1 unspecified atom stereocenters. The molecule has 4 rings (SSSR count). The summed E-state index contributed by atoms with van der Waals surface area (Å²) < 4.78 is 17.5. The average molecular weight is 510 g/mol. The number of nitrogens with one attached hydrogen (secondary N) is 1. The number of hydrogen-bond donors (Lipinski definition) is 1. The van der Waals surface area contributed by atoms with Gasteiger partial charge in [0.25, 0.3) is 0 Å². The number of rotatable bonds is 9. The Bertz CT molecular complexity index is 1100. The van der Waals surface area contributed by atoms with E-state index >= 15 is 0 Å². The Kier molecular flexibility index (Phi) is 9.00. The van der Waals surface area contributed by atoms with Crippen molar-refractivity contribution in [1.82, 2.24) is 15.1 Å². The van der Waals surface area contributed by atoms with Gasteiger partial charge in [0.2, 0.25) is 17.7 Å². The minimum Gasteiger partial charge on any atom is -0.493 e. The van der Waals surface area contributed by atoms with Crippen molar-refractivity contribution in [2.24, 2.45) is 0 Å². The highest BCUT2D eigenvalue weighted by atomic mass is 16.5. The number of piperidine rings is 1. The first-order chi connectivity index (χ1) is 17.9. The van der Waals surface area contributed by atoms with Gasteiger partial charge in [0.15, 0.2) is 11.5 Å². The standard InChI is InChI=1S/C28H35N3O6/c1-20-6-5-7-22(12-15-31(28(20)34)23-9-11-26(32)29-27(23)33)37-19-21-8-10-24(25(18-21)35-2)36-17-16-30-13-3-4-14-30/h5-8,10,12,18,23H,3-4,9,11,13-17,19H2,1-2H3,(H,29,32,33)/b7-5-,20-6+,22-12-. The Morgan fingerprint density at radius 3 is 2.65 bits per heavy atom. The second-order valence-electron chi connectivity index (χ2n) is 9.41. The zero-order valence-corrected chi connectivity index (χ0v) is 21.5. The number of carbonyl (C=O) groups excluding carboxylic acids is 3. The molecule has 3 heterocycles. The van der Waals surface area contributed by atoms with E-state index in [1.807, 2.05) is 18.2 Å². The van der Waals surface area contributed by atoms with Crippen LogP contribution < -0.4 is 14.8 Å². The summed E-state index contributed by atoms with van der Waals surface area (Å²) >= 11 is 0. The number of likely N-dealkylation sites (tertiary alicyclic amines) is 1. The van der Waals surface area contributed by atoms with Crippen molar-refractivity contribution in [2.45, 2.75) is 45.3 Å².